The fourth-order valence-electron chi connectivity index (χ4n) is 4.74. The number of aromatic nitrogens is 3. The average Bonchev–Trinajstić information content (AvgIpc) is 3.29. The van der Waals surface area contributed by atoms with Crippen LogP contribution >= 0.6 is 0 Å². The Morgan fingerprint density at radius 3 is 2.65 bits per heavy atom. The fourth-order valence-corrected chi connectivity index (χ4v) is 4.74. The topological polar surface area (TPSA) is 81.4 Å². The number of carbonyl (C=O) groups is 1. The number of hydrogen-bond acceptors (Lipinski definition) is 6. The van der Waals surface area contributed by atoms with Gasteiger partial charge in [-0.3, -0.25) is 9.78 Å². The summed E-state index contributed by atoms with van der Waals surface area (Å²) in [4.78, 5) is 23.2. The van der Waals surface area contributed by atoms with Crippen molar-refractivity contribution in [2.24, 2.45) is 5.92 Å². The van der Waals surface area contributed by atoms with E-state index in [0.717, 1.165) is 44.3 Å². The van der Waals surface area contributed by atoms with Crippen LogP contribution in [0.2, 0.25) is 0 Å². The molecule has 0 bridgehead atoms. The lowest BCUT2D eigenvalue weighted by Gasteiger charge is -2.46. The lowest BCUT2D eigenvalue weighted by atomic mass is 9.78. The van der Waals surface area contributed by atoms with Gasteiger partial charge < -0.3 is 14.2 Å². The maximum absolute atomic E-state index is 12.7. The Kier molecular flexibility index (Phi) is 5.51. The number of piperidine rings is 1. The van der Waals surface area contributed by atoms with Crippen molar-refractivity contribution in [1.82, 2.24) is 20.0 Å². The molecule has 2 fully saturated rings. The van der Waals surface area contributed by atoms with Gasteiger partial charge in [-0.05, 0) is 43.7 Å². The van der Waals surface area contributed by atoms with Crippen LogP contribution in [0.5, 0.6) is 0 Å². The molecular weight excluding hydrogens is 392 g/mol. The van der Waals surface area contributed by atoms with Gasteiger partial charge in [0.2, 0.25) is 11.7 Å². The molecule has 1 unspecified atom stereocenters. The van der Waals surface area contributed by atoms with Crippen LogP contribution in [0.3, 0.4) is 0 Å². The van der Waals surface area contributed by atoms with Crippen LogP contribution < -0.4 is 0 Å². The normalized spacial score (nSPS) is 20.6. The molecule has 3 aromatic rings. The van der Waals surface area contributed by atoms with Crippen LogP contribution in [0.1, 0.15) is 41.9 Å². The summed E-state index contributed by atoms with van der Waals surface area (Å²) in [5.74, 6) is 1.84. The number of hydrogen-bond donors (Lipinski definition) is 0. The maximum atomic E-state index is 12.7. The summed E-state index contributed by atoms with van der Waals surface area (Å²) in [6.07, 6.45) is 7.77. The third-order valence-electron chi connectivity index (χ3n) is 6.45. The van der Waals surface area contributed by atoms with E-state index in [1.54, 1.807) is 24.5 Å². The first-order valence-electron chi connectivity index (χ1n) is 10.9. The van der Waals surface area contributed by atoms with Gasteiger partial charge in [-0.25, -0.2) is 0 Å². The average molecular weight is 418 g/mol. The molecule has 4 heterocycles. The van der Waals surface area contributed by atoms with Crippen molar-refractivity contribution in [3.05, 3.63) is 66.3 Å². The summed E-state index contributed by atoms with van der Waals surface area (Å²) in [5.41, 5.74) is 1.51. The molecule has 1 aromatic carbocycles. The third-order valence-corrected chi connectivity index (χ3v) is 6.45. The standard InChI is InChI=1S/C24H26N4O3/c29-23(20-6-11-25-12-7-20)28-13-9-24(10-14-28)17-18(8-15-30-24)16-21-26-22(27-31-21)19-4-2-1-3-5-19/h1-7,11-12,18H,8-10,13-17H2. The smallest absolute Gasteiger partial charge is 0.253 e. The second-order valence-corrected chi connectivity index (χ2v) is 8.50. The molecule has 0 aliphatic carbocycles. The molecular formula is C24H26N4O3. The predicted molar refractivity (Wildman–Crippen MR) is 114 cm³/mol. The summed E-state index contributed by atoms with van der Waals surface area (Å²) in [7, 11) is 0. The van der Waals surface area contributed by atoms with Crippen LogP contribution in [0.4, 0.5) is 0 Å². The van der Waals surface area contributed by atoms with Crippen molar-refractivity contribution in [1.29, 1.82) is 0 Å². The van der Waals surface area contributed by atoms with Crippen molar-refractivity contribution in [2.75, 3.05) is 19.7 Å². The van der Waals surface area contributed by atoms with Gasteiger partial charge in [0.05, 0.1) is 5.60 Å². The number of ether oxygens (including phenoxy) is 1. The summed E-state index contributed by atoms with van der Waals surface area (Å²) in [6, 6.07) is 13.4. The number of rotatable bonds is 4. The Morgan fingerprint density at radius 2 is 1.87 bits per heavy atom. The van der Waals surface area contributed by atoms with Crippen molar-refractivity contribution in [2.45, 2.75) is 37.7 Å². The van der Waals surface area contributed by atoms with Crippen LogP contribution in [0.25, 0.3) is 11.4 Å². The van der Waals surface area contributed by atoms with Gasteiger partial charge in [-0.1, -0.05) is 35.5 Å². The molecule has 160 valence electrons. The SMILES string of the molecule is O=C(c1ccncc1)N1CCC2(CC1)CC(Cc1nc(-c3ccccc3)no1)CCO2. The summed E-state index contributed by atoms with van der Waals surface area (Å²) < 4.78 is 11.8. The molecule has 2 aliphatic rings. The van der Waals surface area contributed by atoms with Gasteiger partial charge in [0.1, 0.15) is 0 Å². The van der Waals surface area contributed by atoms with Crippen molar-refractivity contribution < 1.29 is 14.1 Å². The van der Waals surface area contributed by atoms with E-state index < -0.39 is 0 Å². The summed E-state index contributed by atoms with van der Waals surface area (Å²) in [5, 5.41) is 4.15. The highest BCUT2D eigenvalue weighted by Crippen LogP contribution is 2.39. The zero-order valence-electron chi connectivity index (χ0n) is 17.4. The summed E-state index contributed by atoms with van der Waals surface area (Å²) >= 11 is 0. The zero-order chi connectivity index (χ0) is 21.1. The Morgan fingerprint density at radius 1 is 1.10 bits per heavy atom. The van der Waals surface area contributed by atoms with Crippen molar-refractivity contribution in [3.8, 4) is 11.4 Å². The Balaban J connectivity index is 1.19. The molecule has 7 nitrogen and oxygen atoms in total. The Labute approximate surface area is 181 Å². The first-order chi connectivity index (χ1) is 15.2. The summed E-state index contributed by atoms with van der Waals surface area (Å²) in [6.45, 7) is 2.17. The minimum absolute atomic E-state index is 0.0731. The number of carbonyl (C=O) groups excluding carboxylic acids is 1. The van der Waals surface area contributed by atoms with Crippen LogP contribution in [0, 0.1) is 5.92 Å². The fraction of sp³-hybridized carbons (Fsp3) is 0.417. The van der Waals surface area contributed by atoms with Gasteiger partial charge in [0.15, 0.2) is 0 Å². The van der Waals surface area contributed by atoms with Crippen molar-refractivity contribution >= 4 is 5.91 Å². The van der Waals surface area contributed by atoms with E-state index in [4.69, 9.17) is 9.26 Å². The highest BCUT2D eigenvalue weighted by molar-refractivity contribution is 5.94. The molecule has 7 heteroatoms. The quantitative estimate of drug-likeness (QED) is 0.641. The van der Waals surface area contributed by atoms with E-state index in [-0.39, 0.29) is 11.5 Å². The van der Waals surface area contributed by atoms with E-state index in [9.17, 15) is 4.79 Å². The van der Waals surface area contributed by atoms with Gasteiger partial charge in [0, 0.05) is 49.6 Å². The molecule has 2 saturated heterocycles. The highest BCUT2D eigenvalue weighted by atomic mass is 16.5. The minimum atomic E-state index is -0.153. The molecule has 1 amide bonds. The van der Waals surface area contributed by atoms with Crippen molar-refractivity contribution in [3.63, 3.8) is 0 Å². The molecule has 0 radical (unpaired) electrons. The van der Waals surface area contributed by atoms with Gasteiger partial charge >= 0.3 is 0 Å². The number of likely N-dealkylation sites (tertiary alicyclic amines) is 1. The van der Waals surface area contributed by atoms with E-state index in [1.807, 2.05) is 35.2 Å². The van der Waals surface area contributed by atoms with E-state index in [0.29, 0.717) is 36.3 Å². The lowest BCUT2D eigenvalue weighted by molar-refractivity contribution is -0.124. The maximum Gasteiger partial charge on any atom is 0.253 e. The molecule has 31 heavy (non-hydrogen) atoms. The molecule has 0 N–H and O–H groups in total. The Bertz CT molecular complexity index is 1010. The third kappa shape index (κ3) is 4.37. The van der Waals surface area contributed by atoms with E-state index >= 15 is 0 Å². The largest absolute Gasteiger partial charge is 0.375 e. The highest BCUT2D eigenvalue weighted by Gasteiger charge is 2.41. The Hall–Kier alpha value is -3.06. The van der Waals surface area contributed by atoms with Gasteiger partial charge in [-0.15, -0.1) is 0 Å². The second-order valence-electron chi connectivity index (χ2n) is 8.50. The monoisotopic (exact) mass is 418 g/mol. The number of benzene rings is 1. The first kappa shape index (κ1) is 19.9. The molecule has 0 saturated carbocycles. The van der Waals surface area contributed by atoms with Crippen LogP contribution in [-0.4, -0.2) is 51.2 Å². The minimum Gasteiger partial charge on any atom is -0.375 e. The molecule has 1 atom stereocenters. The number of nitrogens with zero attached hydrogens (tertiary/aromatic N) is 4. The van der Waals surface area contributed by atoms with Crippen LogP contribution in [-0.2, 0) is 11.2 Å². The van der Waals surface area contributed by atoms with E-state index in [2.05, 4.69) is 15.1 Å². The first-order valence-corrected chi connectivity index (χ1v) is 10.9. The molecule has 5 rings (SSSR count). The molecule has 2 aromatic heterocycles. The number of pyridine rings is 1. The zero-order valence-corrected chi connectivity index (χ0v) is 17.4. The van der Waals surface area contributed by atoms with Gasteiger partial charge in [-0.2, -0.15) is 4.98 Å². The van der Waals surface area contributed by atoms with E-state index in [1.165, 1.54) is 0 Å². The van der Waals surface area contributed by atoms with Gasteiger partial charge in [0.25, 0.3) is 5.91 Å². The number of amides is 1. The predicted octanol–water partition coefficient (Wildman–Crippen LogP) is 3.78. The molecule has 1 spiro atoms. The second kappa shape index (κ2) is 8.59. The lowest BCUT2D eigenvalue weighted by Crippen LogP contribution is -2.51. The van der Waals surface area contributed by atoms with Crippen LogP contribution in [0.15, 0.2) is 59.4 Å². The molecule has 2 aliphatic heterocycles.